The van der Waals surface area contributed by atoms with Crippen molar-refractivity contribution < 1.29 is 13.2 Å². The molecule has 17 heavy (non-hydrogen) atoms. The first-order valence-corrected chi connectivity index (χ1v) is 7.40. The Kier molecular flexibility index (Phi) is 5.74. The van der Waals surface area contributed by atoms with Crippen molar-refractivity contribution in [2.75, 3.05) is 19.0 Å². The van der Waals surface area contributed by atoms with Crippen LogP contribution < -0.4 is 9.46 Å². The highest BCUT2D eigenvalue weighted by atomic mass is 35.5. The minimum Gasteiger partial charge on any atom is -0.494 e. The molecule has 0 aliphatic heterocycles. The largest absolute Gasteiger partial charge is 0.494 e. The zero-order valence-electron chi connectivity index (χ0n) is 9.65. The molecule has 1 aromatic carbocycles. The normalized spacial score (nSPS) is 11.4. The molecular weight excluding hydrogens is 262 g/mol. The van der Waals surface area contributed by atoms with E-state index < -0.39 is 10.0 Å². The van der Waals surface area contributed by atoms with Gasteiger partial charge in [0.1, 0.15) is 5.75 Å². The van der Waals surface area contributed by atoms with Crippen LogP contribution in [0.4, 0.5) is 0 Å². The Bertz CT molecular complexity index is 431. The average Bonchev–Trinajstić information content (AvgIpc) is 2.30. The van der Waals surface area contributed by atoms with Crippen molar-refractivity contribution >= 4 is 21.6 Å². The van der Waals surface area contributed by atoms with Crippen molar-refractivity contribution in [2.45, 2.75) is 18.2 Å². The zero-order valence-corrected chi connectivity index (χ0v) is 11.2. The van der Waals surface area contributed by atoms with Crippen molar-refractivity contribution in [3.05, 3.63) is 24.3 Å². The van der Waals surface area contributed by atoms with Gasteiger partial charge in [0.15, 0.2) is 0 Å². The molecule has 0 amide bonds. The van der Waals surface area contributed by atoms with Gasteiger partial charge in [-0.1, -0.05) is 0 Å². The summed E-state index contributed by atoms with van der Waals surface area (Å²) in [6, 6.07) is 6.32. The molecule has 0 spiro atoms. The van der Waals surface area contributed by atoms with Crippen molar-refractivity contribution in [1.29, 1.82) is 0 Å². The molecule has 0 radical (unpaired) electrons. The highest BCUT2D eigenvalue weighted by molar-refractivity contribution is 7.89. The first kappa shape index (κ1) is 14.3. The lowest BCUT2D eigenvalue weighted by Crippen LogP contribution is -2.24. The van der Waals surface area contributed by atoms with Crippen LogP contribution in [0, 0.1) is 0 Å². The molecule has 0 saturated heterocycles. The number of nitrogens with one attached hydrogen (secondary N) is 1. The van der Waals surface area contributed by atoms with Crippen LogP contribution in [0.2, 0.25) is 0 Å². The Morgan fingerprint density at radius 1 is 1.29 bits per heavy atom. The summed E-state index contributed by atoms with van der Waals surface area (Å²) in [6.07, 6.45) is 0.609. The molecule has 0 aromatic heterocycles. The van der Waals surface area contributed by atoms with Crippen LogP contribution in [0.15, 0.2) is 29.2 Å². The maximum atomic E-state index is 11.8. The number of halogens is 1. The second kappa shape index (κ2) is 6.83. The Labute approximate surface area is 107 Å². The molecule has 1 rings (SSSR count). The molecule has 0 atom stereocenters. The van der Waals surface area contributed by atoms with E-state index in [2.05, 4.69) is 4.72 Å². The minimum atomic E-state index is -3.43. The van der Waals surface area contributed by atoms with Gasteiger partial charge in [0, 0.05) is 12.4 Å². The fraction of sp³-hybridized carbons (Fsp3) is 0.455. The number of alkyl halides is 1. The number of hydrogen-bond acceptors (Lipinski definition) is 3. The monoisotopic (exact) mass is 277 g/mol. The predicted molar refractivity (Wildman–Crippen MR) is 68.1 cm³/mol. The van der Waals surface area contributed by atoms with E-state index >= 15 is 0 Å². The summed E-state index contributed by atoms with van der Waals surface area (Å²) >= 11 is 5.48. The van der Waals surface area contributed by atoms with Gasteiger partial charge in [0.25, 0.3) is 0 Å². The Hall–Kier alpha value is -0.780. The van der Waals surface area contributed by atoms with Crippen LogP contribution in [0.5, 0.6) is 5.75 Å². The van der Waals surface area contributed by atoms with Crippen molar-refractivity contribution in [3.8, 4) is 5.75 Å². The van der Waals surface area contributed by atoms with Gasteiger partial charge in [-0.25, -0.2) is 13.1 Å². The molecule has 4 nitrogen and oxygen atoms in total. The summed E-state index contributed by atoms with van der Waals surface area (Å²) in [5.41, 5.74) is 0. The number of sulfonamides is 1. The smallest absolute Gasteiger partial charge is 0.240 e. The van der Waals surface area contributed by atoms with Crippen molar-refractivity contribution in [1.82, 2.24) is 4.72 Å². The lowest BCUT2D eigenvalue weighted by atomic mass is 10.3. The quantitative estimate of drug-likeness (QED) is 0.613. The topological polar surface area (TPSA) is 55.4 Å². The molecule has 0 fully saturated rings. The van der Waals surface area contributed by atoms with Crippen LogP contribution in [0.1, 0.15) is 13.3 Å². The van der Waals surface area contributed by atoms with E-state index in [0.717, 1.165) is 0 Å². The van der Waals surface area contributed by atoms with Gasteiger partial charge in [-0.2, -0.15) is 0 Å². The molecular formula is C11H16ClNO3S. The third-order valence-corrected chi connectivity index (χ3v) is 3.79. The van der Waals surface area contributed by atoms with E-state index in [-0.39, 0.29) is 4.90 Å². The molecule has 96 valence electrons. The lowest BCUT2D eigenvalue weighted by Gasteiger charge is -2.07. The van der Waals surface area contributed by atoms with Crippen LogP contribution in [0.25, 0.3) is 0 Å². The minimum absolute atomic E-state index is 0.232. The van der Waals surface area contributed by atoms with E-state index in [1.54, 1.807) is 12.1 Å². The maximum Gasteiger partial charge on any atom is 0.240 e. The van der Waals surface area contributed by atoms with Crippen LogP contribution in [0.3, 0.4) is 0 Å². The highest BCUT2D eigenvalue weighted by Crippen LogP contribution is 2.15. The van der Waals surface area contributed by atoms with Crippen LogP contribution in [-0.4, -0.2) is 27.4 Å². The summed E-state index contributed by atoms with van der Waals surface area (Å²) in [5.74, 6) is 1.10. The molecule has 0 aliphatic rings. The van der Waals surface area contributed by atoms with Gasteiger partial charge in [-0.15, -0.1) is 11.6 Å². The van der Waals surface area contributed by atoms with Crippen molar-refractivity contribution in [2.24, 2.45) is 0 Å². The molecule has 0 aliphatic carbocycles. The summed E-state index contributed by atoms with van der Waals surface area (Å²) in [4.78, 5) is 0.232. The summed E-state index contributed by atoms with van der Waals surface area (Å²) < 4.78 is 31.3. The fourth-order valence-electron chi connectivity index (χ4n) is 1.24. The first-order chi connectivity index (χ1) is 8.10. The van der Waals surface area contributed by atoms with Gasteiger partial charge in [0.05, 0.1) is 11.5 Å². The highest BCUT2D eigenvalue weighted by Gasteiger charge is 2.12. The van der Waals surface area contributed by atoms with E-state index in [9.17, 15) is 8.42 Å². The third kappa shape index (κ3) is 4.53. The van der Waals surface area contributed by atoms with Gasteiger partial charge in [-0.3, -0.25) is 0 Å². The number of hydrogen-bond donors (Lipinski definition) is 1. The van der Waals surface area contributed by atoms with E-state index in [0.29, 0.717) is 31.2 Å². The van der Waals surface area contributed by atoms with Gasteiger partial charge >= 0.3 is 0 Å². The fourth-order valence-corrected chi connectivity index (χ4v) is 2.45. The second-order valence-corrected chi connectivity index (χ2v) is 5.49. The first-order valence-electron chi connectivity index (χ1n) is 5.38. The second-order valence-electron chi connectivity index (χ2n) is 3.34. The molecule has 0 heterocycles. The van der Waals surface area contributed by atoms with Gasteiger partial charge in [0.2, 0.25) is 10.0 Å². The van der Waals surface area contributed by atoms with E-state index in [1.807, 2.05) is 6.92 Å². The SMILES string of the molecule is CCOc1ccc(S(=O)(=O)NCCCCl)cc1. The summed E-state index contributed by atoms with van der Waals surface area (Å²) in [6.45, 7) is 2.78. The number of rotatable bonds is 7. The van der Waals surface area contributed by atoms with E-state index in [1.165, 1.54) is 12.1 Å². The number of ether oxygens (including phenoxy) is 1. The summed E-state index contributed by atoms with van der Waals surface area (Å²) in [7, 11) is -3.43. The molecule has 0 unspecified atom stereocenters. The Balaban J connectivity index is 2.71. The third-order valence-electron chi connectivity index (χ3n) is 2.05. The van der Waals surface area contributed by atoms with Crippen LogP contribution in [-0.2, 0) is 10.0 Å². The zero-order chi connectivity index (χ0) is 12.7. The number of benzene rings is 1. The average molecular weight is 278 g/mol. The molecule has 1 N–H and O–H groups in total. The molecule has 0 saturated carbocycles. The molecule has 6 heteroatoms. The standard InChI is InChI=1S/C11H16ClNO3S/c1-2-16-10-4-6-11(7-5-10)17(14,15)13-9-3-8-12/h4-7,13H,2-3,8-9H2,1H3. The lowest BCUT2D eigenvalue weighted by molar-refractivity contribution is 0.340. The maximum absolute atomic E-state index is 11.8. The Morgan fingerprint density at radius 3 is 2.47 bits per heavy atom. The molecule has 1 aromatic rings. The summed E-state index contributed by atoms with van der Waals surface area (Å²) in [5, 5.41) is 0. The van der Waals surface area contributed by atoms with Gasteiger partial charge < -0.3 is 4.74 Å². The van der Waals surface area contributed by atoms with Gasteiger partial charge in [-0.05, 0) is 37.6 Å². The Morgan fingerprint density at radius 2 is 1.94 bits per heavy atom. The predicted octanol–water partition coefficient (Wildman–Crippen LogP) is 1.99. The van der Waals surface area contributed by atoms with E-state index in [4.69, 9.17) is 16.3 Å². The molecule has 0 bridgehead atoms. The van der Waals surface area contributed by atoms with Crippen molar-refractivity contribution in [3.63, 3.8) is 0 Å². The van der Waals surface area contributed by atoms with Crippen LogP contribution >= 0.6 is 11.6 Å².